The first-order chi connectivity index (χ1) is 8.54. The highest BCUT2D eigenvalue weighted by molar-refractivity contribution is 5.76. The Morgan fingerprint density at radius 3 is 2.50 bits per heavy atom. The Bertz CT molecular complexity index is 255. The number of aliphatic hydroxyl groups excluding tert-OH is 1. The summed E-state index contributed by atoms with van der Waals surface area (Å²) in [5.41, 5.74) is 0. The molecule has 3 unspecified atom stereocenters. The molecule has 18 heavy (non-hydrogen) atoms. The van der Waals surface area contributed by atoms with Gasteiger partial charge in [0.1, 0.15) is 0 Å². The third-order valence-electron chi connectivity index (χ3n) is 3.53. The molecule has 3 atom stereocenters. The predicted octanol–water partition coefficient (Wildman–Crippen LogP) is 0.230. The molecule has 5 nitrogen and oxygen atoms in total. The molecule has 1 amide bonds. The number of rotatable bonds is 6. The lowest BCUT2D eigenvalue weighted by molar-refractivity contribution is -0.135. The Balaban J connectivity index is 2.30. The Labute approximate surface area is 109 Å². The molecule has 0 aromatic carbocycles. The van der Waals surface area contributed by atoms with E-state index >= 15 is 0 Å². The monoisotopic (exact) mass is 258 g/mol. The van der Waals surface area contributed by atoms with E-state index in [4.69, 9.17) is 9.84 Å². The molecule has 1 fully saturated rings. The summed E-state index contributed by atoms with van der Waals surface area (Å²) in [5.74, 6) is 0.382. The molecule has 5 heteroatoms. The average molecular weight is 258 g/mol. The highest BCUT2D eigenvalue weighted by Crippen LogP contribution is 2.06. The van der Waals surface area contributed by atoms with E-state index in [1.807, 2.05) is 25.7 Å². The fraction of sp³-hybridized carbons (Fsp3) is 0.923. The first-order valence-corrected chi connectivity index (χ1v) is 6.77. The summed E-state index contributed by atoms with van der Waals surface area (Å²) in [6.45, 7) is 8.90. The van der Waals surface area contributed by atoms with Crippen molar-refractivity contribution in [3.8, 4) is 0 Å². The van der Waals surface area contributed by atoms with Crippen LogP contribution in [0.15, 0.2) is 0 Å². The Kier molecular flexibility index (Phi) is 6.60. The summed E-state index contributed by atoms with van der Waals surface area (Å²) in [4.78, 5) is 13.9. The molecule has 0 bridgehead atoms. The van der Waals surface area contributed by atoms with E-state index < -0.39 is 0 Å². The molecule has 2 N–H and O–H groups in total. The largest absolute Gasteiger partial charge is 0.396 e. The molecular formula is C13H26N2O3. The molecule has 0 aromatic rings. The molecule has 1 saturated heterocycles. The molecule has 1 aliphatic heterocycles. The van der Waals surface area contributed by atoms with Crippen LogP contribution in [-0.4, -0.2) is 60.9 Å². The summed E-state index contributed by atoms with van der Waals surface area (Å²) >= 11 is 0. The third kappa shape index (κ3) is 4.92. The van der Waals surface area contributed by atoms with Gasteiger partial charge in [-0.15, -0.1) is 0 Å². The minimum atomic E-state index is 0.129. The zero-order chi connectivity index (χ0) is 13.5. The maximum atomic E-state index is 12.0. The minimum Gasteiger partial charge on any atom is -0.396 e. The first-order valence-electron chi connectivity index (χ1n) is 6.77. The number of hydrogen-bond donors (Lipinski definition) is 2. The molecule has 0 aromatic heterocycles. The van der Waals surface area contributed by atoms with Crippen LogP contribution in [0, 0.1) is 5.92 Å². The van der Waals surface area contributed by atoms with Crippen LogP contribution in [0.3, 0.4) is 0 Å². The second kappa shape index (κ2) is 7.71. The van der Waals surface area contributed by atoms with Crippen molar-refractivity contribution in [3.05, 3.63) is 0 Å². The normalized spacial score (nSPS) is 21.4. The fourth-order valence-corrected chi connectivity index (χ4v) is 2.03. The molecule has 0 radical (unpaired) electrons. The number of morpholine rings is 1. The highest BCUT2D eigenvalue weighted by Gasteiger charge is 2.20. The fourth-order valence-electron chi connectivity index (χ4n) is 2.03. The Morgan fingerprint density at radius 2 is 1.94 bits per heavy atom. The van der Waals surface area contributed by atoms with Crippen LogP contribution in [0.1, 0.15) is 27.2 Å². The minimum absolute atomic E-state index is 0.129. The van der Waals surface area contributed by atoms with Gasteiger partial charge in [-0.25, -0.2) is 0 Å². The summed E-state index contributed by atoms with van der Waals surface area (Å²) < 4.78 is 5.23. The number of aliphatic hydroxyl groups is 1. The van der Waals surface area contributed by atoms with Crippen LogP contribution in [0.5, 0.6) is 0 Å². The van der Waals surface area contributed by atoms with Gasteiger partial charge < -0.3 is 20.1 Å². The first kappa shape index (κ1) is 15.4. The number of hydrogen-bond acceptors (Lipinski definition) is 4. The van der Waals surface area contributed by atoms with E-state index in [0.29, 0.717) is 32.7 Å². The van der Waals surface area contributed by atoms with Crippen LogP contribution in [-0.2, 0) is 9.53 Å². The number of amides is 1. The van der Waals surface area contributed by atoms with Crippen LogP contribution in [0.25, 0.3) is 0 Å². The van der Waals surface area contributed by atoms with Gasteiger partial charge in [-0.05, 0) is 19.8 Å². The summed E-state index contributed by atoms with van der Waals surface area (Å²) in [7, 11) is 0. The molecule has 1 heterocycles. The molecule has 1 rings (SSSR count). The van der Waals surface area contributed by atoms with Gasteiger partial charge in [-0.2, -0.15) is 0 Å². The lowest BCUT2D eigenvalue weighted by Crippen LogP contribution is -2.45. The number of carbonyl (C=O) groups excluding carboxylic acids is 1. The predicted molar refractivity (Wildman–Crippen MR) is 70.3 cm³/mol. The molecular weight excluding hydrogens is 232 g/mol. The van der Waals surface area contributed by atoms with Crippen molar-refractivity contribution in [1.82, 2.24) is 10.2 Å². The van der Waals surface area contributed by atoms with Crippen molar-refractivity contribution in [1.29, 1.82) is 0 Å². The van der Waals surface area contributed by atoms with Crippen LogP contribution in [0.4, 0.5) is 0 Å². The van der Waals surface area contributed by atoms with Crippen LogP contribution < -0.4 is 5.32 Å². The lowest BCUT2D eigenvalue weighted by Gasteiger charge is -2.29. The van der Waals surface area contributed by atoms with E-state index in [9.17, 15) is 4.79 Å². The van der Waals surface area contributed by atoms with Crippen LogP contribution in [0.2, 0.25) is 0 Å². The van der Waals surface area contributed by atoms with Gasteiger partial charge in [0.25, 0.3) is 0 Å². The summed E-state index contributed by atoms with van der Waals surface area (Å²) in [6, 6.07) is 0.340. The highest BCUT2D eigenvalue weighted by atomic mass is 16.5. The van der Waals surface area contributed by atoms with Gasteiger partial charge in [-0.1, -0.05) is 6.92 Å². The zero-order valence-corrected chi connectivity index (χ0v) is 11.7. The maximum Gasteiger partial charge on any atom is 0.224 e. The number of carbonyl (C=O) groups is 1. The van der Waals surface area contributed by atoms with Gasteiger partial charge in [0.05, 0.1) is 13.2 Å². The zero-order valence-electron chi connectivity index (χ0n) is 11.7. The van der Waals surface area contributed by atoms with Crippen molar-refractivity contribution in [3.63, 3.8) is 0 Å². The number of nitrogens with one attached hydrogen (secondary N) is 1. The molecule has 0 aliphatic carbocycles. The average Bonchev–Trinajstić information content (AvgIpc) is 2.38. The summed E-state index contributed by atoms with van der Waals surface area (Å²) in [5, 5.41) is 12.4. The van der Waals surface area contributed by atoms with Crippen molar-refractivity contribution in [2.45, 2.75) is 39.3 Å². The second-order valence-corrected chi connectivity index (χ2v) is 5.21. The van der Waals surface area contributed by atoms with Crippen molar-refractivity contribution < 1.29 is 14.6 Å². The van der Waals surface area contributed by atoms with Gasteiger partial charge in [0, 0.05) is 38.2 Å². The van der Waals surface area contributed by atoms with Gasteiger partial charge >= 0.3 is 0 Å². The SMILES string of the molecule is CC(CC(=O)N1CCOCC1)NC(C)C(C)CO. The van der Waals surface area contributed by atoms with Gasteiger partial charge in [-0.3, -0.25) is 4.79 Å². The van der Waals surface area contributed by atoms with Crippen molar-refractivity contribution >= 4 is 5.91 Å². The molecule has 0 spiro atoms. The van der Waals surface area contributed by atoms with E-state index in [-0.39, 0.29) is 30.5 Å². The van der Waals surface area contributed by atoms with E-state index in [2.05, 4.69) is 5.32 Å². The third-order valence-corrected chi connectivity index (χ3v) is 3.53. The molecule has 1 aliphatic rings. The Morgan fingerprint density at radius 1 is 1.33 bits per heavy atom. The van der Waals surface area contributed by atoms with E-state index in [0.717, 1.165) is 0 Å². The van der Waals surface area contributed by atoms with E-state index in [1.54, 1.807) is 0 Å². The van der Waals surface area contributed by atoms with Crippen molar-refractivity contribution in [2.24, 2.45) is 5.92 Å². The topological polar surface area (TPSA) is 61.8 Å². The van der Waals surface area contributed by atoms with E-state index in [1.165, 1.54) is 0 Å². The lowest BCUT2D eigenvalue weighted by atomic mass is 10.0. The summed E-state index contributed by atoms with van der Waals surface area (Å²) in [6.07, 6.45) is 0.502. The Hall–Kier alpha value is -0.650. The van der Waals surface area contributed by atoms with Crippen molar-refractivity contribution in [2.75, 3.05) is 32.9 Å². The standard InChI is InChI=1S/C13H26N2O3/c1-10(9-16)12(3)14-11(2)8-13(17)15-4-6-18-7-5-15/h10-12,14,16H,4-9H2,1-3H3. The number of ether oxygens (including phenoxy) is 1. The second-order valence-electron chi connectivity index (χ2n) is 5.21. The molecule has 106 valence electrons. The maximum absolute atomic E-state index is 12.0. The quantitative estimate of drug-likeness (QED) is 0.716. The van der Waals surface area contributed by atoms with Crippen LogP contribution >= 0.6 is 0 Å². The molecule has 0 saturated carbocycles. The van der Waals surface area contributed by atoms with Gasteiger partial charge in [0.15, 0.2) is 0 Å². The van der Waals surface area contributed by atoms with Gasteiger partial charge in [0.2, 0.25) is 5.91 Å². The smallest absolute Gasteiger partial charge is 0.224 e. The number of nitrogens with zero attached hydrogens (tertiary/aromatic N) is 1.